The summed E-state index contributed by atoms with van der Waals surface area (Å²) in [6.45, 7) is 0. The van der Waals surface area contributed by atoms with Crippen molar-refractivity contribution in [3.63, 3.8) is 0 Å². The Labute approximate surface area is 169 Å². The highest BCUT2D eigenvalue weighted by Gasteiger charge is 2.37. The molecule has 0 aliphatic rings. The molecule has 2 aromatic carbocycles. The number of carboxylic acids is 1. The number of nitrogens with zero attached hydrogens (tertiary/aromatic N) is 1. The molecule has 0 bridgehead atoms. The number of halogens is 6. The summed E-state index contributed by atoms with van der Waals surface area (Å²) < 4.78 is 77.6. The molecule has 0 atom stereocenters. The number of anilines is 1. The molecule has 3 N–H and O–H groups in total. The van der Waals surface area contributed by atoms with E-state index in [1.807, 2.05) is 5.32 Å². The zero-order chi connectivity index (χ0) is 23.6. The van der Waals surface area contributed by atoms with Crippen LogP contribution in [-0.2, 0) is 17.1 Å². The number of phenols is 1. The average Bonchev–Trinajstić information content (AvgIpc) is 2.65. The van der Waals surface area contributed by atoms with E-state index in [0.717, 1.165) is 24.3 Å². The Bertz CT molecular complexity index is 1080. The molecular formula is C19H10F6N2O4. The van der Waals surface area contributed by atoms with E-state index in [1.165, 1.54) is 6.07 Å². The molecule has 2 rings (SSSR count). The second-order valence-corrected chi connectivity index (χ2v) is 6.00. The number of aromatic hydroxyl groups is 1. The molecule has 0 radical (unpaired) electrons. The summed E-state index contributed by atoms with van der Waals surface area (Å²) in [5.41, 5.74) is -5.48. The highest BCUT2D eigenvalue weighted by Crippen LogP contribution is 2.37. The number of phenolic OH excluding ortho intramolecular Hbond substituents is 1. The van der Waals surface area contributed by atoms with Crippen LogP contribution in [0.25, 0.3) is 6.08 Å². The number of carbonyl (C=O) groups is 2. The summed E-state index contributed by atoms with van der Waals surface area (Å²) in [7, 11) is 0. The van der Waals surface area contributed by atoms with Gasteiger partial charge in [0.25, 0.3) is 5.91 Å². The number of rotatable bonds is 4. The van der Waals surface area contributed by atoms with Crippen LogP contribution in [-0.4, -0.2) is 22.1 Å². The first-order valence-electron chi connectivity index (χ1n) is 8.01. The average molecular weight is 444 g/mol. The van der Waals surface area contributed by atoms with Crippen LogP contribution in [0.1, 0.15) is 27.0 Å². The lowest BCUT2D eigenvalue weighted by Crippen LogP contribution is -2.16. The fourth-order valence-corrected chi connectivity index (χ4v) is 2.36. The second-order valence-electron chi connectivity index (χ2n) is 6.00. The van der Waals surface area contributed by atoms with Crippen molar-refractivity contribution in [2.75, 3.05) is 5.32 Å². The highest BCUT2D eigenvalue weighted by molar-refractivity contribution is 6.07. The minimum absolute atomic E-state index is 0.0399. The van der Waals surface area contributed by atoms with Crippen LogP contribution in [0.15, 0.2) is 42.0 Å². The lowest BCUT2D eigenvalue weighted by Gasteiger charge is -2.15. The monoisotopic (exact) mass is 444 g/mol. The van der Waals surface area contributed by atoms with Gasteiger partial charge in [-0.25, -0.2) is 4.79 Å². The molecule has 0 unspecified atom stereocenters. The number of carboxylic acid groups (broad SMARTS) is 1. The lowest BCUT2D eigenvalue weighted by atomic mass is 10.1. The SMILES string of the molecule is N#C/C(=C\c1ccc(O)c(C(=O)Nc2cc(C(F)(F)F)cc(C(F)(F)F)c2)c1)C(=O)O. The van der Waals surface area contributed by atoms with E-state index < -0.39 is 57.9 Å². The van der Waals surface area contributed by atoms with Crippen molar-refractivity contribution >= 4 is 23.6 Å². The summed E-state index contributed by atoms with van der Waals surface area (Å²) in [4.78, 5) is 23.2. The molecule has 0 fully saturated rings. The van der Waals surface area contributed by atoms with Crippen LogP contribution in [0.2, 0.25) is 0 Å². The summed E-state index contributed by atoms with van der Waals surface area (Å²) in [6.07, 6.45) is -9.40. The molecular weight excluding hydrogens is 434 g/mol. The van der Waals surface area contributed by atoms with Crippen LogP contribution in [0.5, 0.6) is 5.75 Å². The number of nitrogens with one attached hydrogen (secondary N) is 1. The maximum atomic E-state index is 12.9. The van der Waals surface area contributed by atoms with E-state index in [-0.39, 0.29) is 23.8 Å². The maximum absolute atomic E-state index is 12.9. The molecule has 0 aliphatic heterocycles. The molecule has 0 aromatic heterocycles. The third kappa shape index (κ3) is 5.75. The molecule has 0 heterocycles. The molecule has 2 aromatic rings. The Kier molecular flexibility index (Phi) is 6.30. The van der Waals surface area contributed by atoms with Crippen molar-refractivity contribution in [1.29, 1.82) is 5.26 Å². The molecule has 0 saturated carbocycles. The topological polar surface area (TPSA) is 110 Å². The first-order valence-corrected chi connectivity index (χ1v) is 8.01. The van der Waals surface area contributed by atoms with Crippen molar-refractivity contribution in [3.8, 4) is 11.8 Å². The zero-order valence-electron chi connectivity index (χ0n) is 15.0. The van der Waals surface area contributed by atoms with E-state index in [1.54, 1.807) is 0 Å². The first-order chi connectivity index (χ1) is 14.2. The Morgan fingerprint density at radius 3 is 1.97 bits per heavy atom. The summed E-state index contributed by atoms with van der Waals surface area (Å²) in [5, 5.41) is 29.3. The van der Waals surface area contributed by atoms with Crippen LogP contribution in [0, 0.1) is 11.3 Å². The standard InChI is InChI=1S/C19H10F6N2O4/c20-18(21,22)11-5-12(19(23,24)25)7-13(6-11)27-16(29)14-4-9(1-2-15(14)28)3-10(8-26)17(30)31/h1-7,28H,(H,27,29)(H,30,31)/b10-3+. The van der Waals surface area contributed by atoms with Gasteiger partial charge < -0.3 is 15.5 Å². The van der Waals surface area contributed by atoms with E-state index in [2.05, 4.69) is 0 Å². The Balaban J connectivity index is 2.47. The molecule has 0 spiro atoms. The maximum Gasteiger partial charge on any atom is 0.416 e. The quantitative estimate of drug-likeness (QED) is 0.361. The Morgan fingerprint density at radius 1 is 0.968 bits per heavy atom. The number of carbonyl (C=O) groups excluding carboxylic acids is 1. The summed E-state index contributed by atoms with van der Waals surface area (Å²) >= 11 is 0. The molecule has 12 heteroatoms. The van der Waals surface area contributed by atoms with E-state index in [0.29, 0.717) is 0 Å². The van der Waals surface area contributed by atoms with Gasteiger partial charge in [-0.3, -0.25) is 4.79 Å². The minimum Gasteiger partial charge on any atom is -0.507 e. The predicted molar refractivity (Wildman–Crippen MR) is 93.7 cm³/mol. The van der Waals surface area contributed by atoms with Crippen molar-refractivity contribution in [1.82, 2.24) is 0 Å². The molecule has 162 valence electrons. The molecule has 31 heavy (non-hydrogen) atoms. The second kappa shape index (κ2) is 8.39. The van der Waals surface area contributed by atoms with E-state index in [9.17, 15) is 41.0 Å². The van der Waals surface area contributed by atoms with Crippen molar-refractivity contribution in [2.45, 2.75) is 12.4 Å². The third-order valence-corrected chi connectivity index (χ3v) is 3.77. The third-order valence-electron chi connectivity index (χ3n) is 3.77. The fourth-order valence-electron chi connectivity index (χ4n) is 2.36. The van der Waals surface area contributed by atoms with E-state index in [4.69, 9.17) is 10.4 Å². The van der Waals surface area contributed by atoms with Crippen LogP contribution in [0.4, 0.5) is 32.0 Å². The van der Waals surface area contributed by atoms with Crippen LogP contribution >= 0.6 is 0 Å². The number of amides is 1. The fraction of sp³-hybridized carbons (Fsp3) is 0.105. The Morgan fingerprint density at radius 2 is 1.52 bits per heavy atom. The minimum atomic E-state index is -5.13. The number of aliphatic carboxylic acids is 1. The van der Waals surface area contributed by atoms with Gasteiger partial charge in [0.1, 0.15) is 17.4 Å². The molecule has 0 saturated heterocycles. The lowest BCUT2D eigenvalue weighted by molar-refractivity contribution is -0.143. The van der Waals surface area contributed by atoms with Gasteiger partial charge in [0, 0.05) is 5.69 Å². The highest BCUT2D eigenvalue weighted by atomic mass is 19.4. The predicted octanol–water partition coefficient (Wildman–Crippen LogP) is 4.67. The Hall–Kier alpha value is -4.01. The smallest absolute Gasteiger partial charge is 0.416 e. The molecule has 1 amide bonds. The number of hydrogen-bond donors (Lipinski definition) is 3. The van der Waals surface area contributed by atoms with Gasteiger partial charge in [0.15, 0.2) is 0 Å². The van der Waals surface area contributed by atoms with Crippen molar-refractivity contribution in [2.24, 2.45) is 0 Å². The van der Waals surface area contributed by atoms with Crippen LogP contribution in [0.3, 0.4) is 0 Å². The first kappa shape index (κ1) is 23.3. The zero-order valence-corrected chi connectivity index (χ0v) is 15.0. The van der Waals surface area contributed by atoms with Crippen molar-refractivity contribution in [3.05, 3.63) is 64.2 Å². The van der Waals surface area contributed by atoms with Gasteiger partial charge in [-0.05, 0) is 42.0 Å². The summed E-state index contributed by atoms with van der Waals surface area (Å²) in [6, 6.07) is 4.81. The number of hydrogen-bond acceptors (Lipinski definition) is 4. The van der Waals surface area contributed by atoms with Gasteiger partial charge in [-0.15, -0.1) is 0 Å². The number of alkyl halides is 6. The van der Waals surface area contributed by atoms with E-state index >= 15 is 0 Å². The van der Waals surface area contributed by atoms with Gasteiger partial charge in [0.05, 0.1) is 16.7 Å². The van der Waals surface area contributed by atoms with Gasteiger partial charge in [0.2, 0.25) is 0 Å². The van der Waals surface area contributed by atoms with Crippen molar-refractivity contribution < 1.29 is 46.1 Å². The number of benzene rings is 2. The van der Waals surface area contributed by atoms with Crippen LogP contribution < -0.4 is 5.32 Å². The molecule has 0 aliphatic carbocycles. The van der Waals surface area contributed by atoms with Gasteiger partial charge in [-0.1, -0.05) is 6.07 Å². The largest absolute Gasteiger partial charge is 0.507 e. The molecule has 6 nitrogen and oxygen atoms in total. The normalized spacial score (nSPS) is 12.2. The summed E-state index contributed by atoms with van der Waals surface area (Å²) in [5.74, 6) is -3.54. The van der Waals surface area contributed by atoms with Gasteiger partial charge >= 0.3 is 18.3 Å². The number of nitriles is 1. The van der Waals surface area contributed by atoms with Gasteiger partial charge in [-0.2, -0.15) is 31.6 Å².